The third-order valence-corrected chi connectivity index (χ3v) is 7.00. The normalized spacial score (nSPS) is 16.4. The number of para-hydroxylation sites is 1. The molecule has 1 aliphatic heterocycles. The molecule has 2 heterocycles. The second-order valence-corrected chi connectivity index (χ2v) is 9.08. The van der Waals surface area contributed by atoms with Crippen molar-refractivity contribution in [2.75, 3.05) is 25.0 Å². The molecule has 2 N–H and O–H groups in total. The molecule has 32 heavy (non-hydrogen) atoms. The number of hydrogen-bond acceptors (Lipinski definition) is 3. The lowest BCUT2D eigenvalue weighted by atomic mass is 10.0. The van der Waals surface area contributed by atoms with E-state index in [-0.39, 0.29) is 5.56 Å². The van der Waals surface area contributed by atoms with Gasteiger partial charge in [0.2, 0.25) is 0 Å². The second kappa shape index (κ2) is 9.84. The topological polar surface area (TPSA) is 51.4 Å². The first kappa shape index (κ1) is 22.5. The average Bonchev–Trinajstić information content (AvgIpc) is 3.25. The minimum Gasteiger partial charge on any atom is -0.343 e. The van der Waals surface area contributed by atoms with Crippen molar-refractivity contribution in [3.63, 3.8) is 0 Å². The summed E-state index contributed by atoms with van der Waals surface area (Å²) in [6, 6.07) is 16.6. The molecular formula is C26H32N4OS. The highest BCUT2D eigenvalue weighted by molar-refractivity contribution is 7.80. The Kier molecular flexibility index (Phi) is 6.92. The Hall–Kier alpha value is -2.70. The number of anilines is 1. The van der Waals surface area contributed by atoms with Crippen LogP contribution >= 0.6 is 12.2 Å². The number of likely N-dealkylation sites (N-methyl/N-ethyl adjacent to an activating group) is 1. The van der Waals surface area contributed by atoms with Crippen LogP contribution in [0.25, 0.3) is 10.9 Å². The molecule has 1 unspecified atom stereocenters. The highest BCUT2D eigenvalue weighted by Gasteiger charge is 2.26. The minimum absolute atomic E-state index is 0.0440. The second-order valence-electron chi connectivity index (χ2n) is 8.70. The smallest absolute Gasteiger partial charge is 0.253 e. The van der Waals surface area contributed by atoms with E-state index in [4.69, 9.17) is 12.2 Å². The number of thiocarbonyl (C=S) groups is 1. The Morgan fingerprint density at radius 3 is 2.75 bits per heavy atom. The monoisotopic (exact) mass is 448 g/mol. The molecule has 0 amide bonds. The molecule has 0 saturated carbocycles. The molecule has 1 aromatic heterocycles. The van der Waals surface area contributed by atoms with E-state index < -0.39 is 0 Å². The molecule has 0 aliphatic carbocycles. The lowest BCUT2D eigenvalue weighted by Crippen LogP contribution is -2.44. The number of H-pyrrole nitrogens is 1. The van der Waals surface area contributed by atoms with Gasteiger partial charge in [-0.1, -0.05) is 37.3 Å². The SMILES string of the molecule is CCN1CCCC1CN(Cc1cc2ccc(C)c(C)c2[nH]c1=O)C(=S)Nc1ccccc1. The van der Waals surface area contributed by atoms with Gasteiger partial charge in [0.25, 0.3) is 5.56 Å². The van der Waals surface area contributed by atoms with E-state index in [0.717, 1.165) is 53.8 Å². The van der Waals surface area contributed by atoms with Gasteiger partial charge in [-0.2, -0.15) is 0 Å². The number of benzene rings is 2. The van der Waals surface area contributed by atoms with E-state index in [1.54, 1.807) is 0 Å². The van der Waals surface area contributed by atoms with Crippen LogP contribution in [0.2, 0.25) is 0 Å². The quantitative estimate of drug-likeness (QED) is 0.529. The van der Waals surface area contributed by atoms with Gasteiger partial charge in [-0.15, -0.1) is 0 Å². The van der Waals surface area contributed by atoms with Crippen LogP contribution in [-0.4, -0.2) is 45.6 Å². The zero-order chi connectivity index (χ0) is 22.7. The number of nitrogens with zero attached hydrogens (tertiary/aromatic N) is 2. The summed E-state index contributed by atoms with van der Waals surface area (Å²) in [5, 5.41) is 5.08. The van der Waals surface area contributed by atoms with E-state index in [1.807, 2.05) is 36.4 Å². The predicted molar refractivity (Wildman–Crippen MR) is 137 cm³/mol. The standard InChI is InChI=1S/C26H32N4OS/c1-4-29-14-8-11-23(29)17-30(26(32)27-22-9-6-5-7-10-22)16-21-15-20-13-12-18(2)19(3)24(20)28-25(21)31/h5-7,9-10,12-13,15,23H,4,8,11,14,16-17H2,1-3H3,(H,27,32)(H,28,31). The highest BCUT2D eigenvalue weighted by Crippen LogP contribution is 2.22. The zero-order valence-electron chi connectivity index (χ0n) is 19.1. The lowest BCUT2D eigenvalue weighted by Gasteiger charge is -2.32. The van der Waals surface area contributed by atoms with Gasteiger partial charge in [-0.25, -0.2) is 0 Å². The first-order valence-electron chi connectivity index (χ1n) is 11.4. The molecule has 2 aromatic carbocycles. The summed E-state index contributed by atoms with van der Waals surface area (Å²) >= 11 is 5.83. The van der Waals surface area contributed by atoms with Gasteiger partial charge in [0.05, 0.1) is 12.1 Å². The summed E-state index contributed by atoms with van der Waals surface area (Å²) in [5.74, 6) is 0. The summed E-state index contributed by atoms with van der Waals surface area (Å²) in [6.07, 6.45) is 2.37. The van der Waals surface area contributed by atoms with E-state index in [1.165, 1.54) is 12.0 Å². The molecule has 5 nitrogen and oxygen atoms in total. The number of fused-ring (bicyclic) bond motifs is 1. The molecule has 0 bridgehead atoms. The molecule has 1 saturated heterocycles. The first-order valence-corrected chi connectivity index (χ1v) is 11.8. The van der Waals surface area contributed by atoms with Gasteiger partial charge in [-0.05, 0) is 86.7 Å². The van der Waals surface area contributed by atoms with Crippen molar-refractivity contribution in [3.8, 4) is 0 Å². The Morgan fingerprint density at radius 1 is 1.22 bits per heavy atom. The summed E-state index contributed by atoms with van der Waals surface area (Å²) < 4.78 is 0. The van der Waals surface area contributed by atoms with Gasteiger partial charge >= 0.3 is 0 Å². The van der Waals surface area contributed by atoms with Crippen LogP contribution in [0, 0.1) is 13.8 Å². The molecule has 1 atom stereocenters. The third kappa shape index (κ3) is 4.87. The maximum atomic E-state index is 13.0. The Balaban J connectivity index is 1.63. The molecule has 168 valence electrons. The van der Waals surface area contributed by atoms with E-state index in [0.29, 0.717) is 17.7 Å². The molecule has 1 fully saturated rings. The number of aromatic nitrogens is 1. The minimum atomic E-state index is -0.0440. The van der Waals surface area contributed by atoms with Crippen molar-refractivity contribution in [2.24, 2.45) is 0 Å². The number of aryl methyl sites for hydroxylation is 2. The Labute approximate surface area is 195 Å². The van der Waals surface area contributed by atoms with Crippen molar-refractivity contribution in [2.45, 2.75) is 46.2 Å². The number of pyridine rings is 1. The number of nitrogens with one attached hydrogen (secondary N) is 2. The van der Waals surface area contributed by atoms with Gasteiger partial charge in [0.15, 0.2) is 5.11 Å². The van der Waals surface area contributed by atoms with Gasteiger partial charge in [0, 0.05) is 23.8 Å². The molecule has 3 aromatic rings. The summed E-state index contributed by atoms with van der Waals surface area (Å²) in [7, 11) is 0. The van der Waals surface area contributed by atoms with Crippen molar-refractivity contribution in [1.82, 2.24) is 14.8 Å². The van der Waals surface area contributed by atoms with Crippen LogP contribution in [0.5, 0.6) is 0 Å². The number of rotatable bonds is 6. The number of hydrogen-bond donors (Lipinski definition) is 2. The molecule has 0 spiro atoms. The van der Waals surface area contributed by atoms with Crippen molar-refractivity contribution < 1.29 is 0 Å². The fourth-order valence-electron chi connectivity index (χ4n) is 4.61. The molecular weight excluding hydrogens is 416 g/mol. The summed E-state index contributed by atoms with van der Waals surface area (Å²) in [6.45, 7) is 9.77. The number of likely N-dealkylation sites (tertiary alicyclic amines) is 1. The van der Waals surface area contributed by atoms with Gasteiger partial charge < -0.3 is 15.2 Å². The van der Waals surface area contributed by atoms with Crippen LogP contribution in [0.4, 0.5) is 5.69 Å². The zero-order valence-corrected chi connectivity index (χ0v) is 20.0. The summed E-state index contributed by atoms with van der Waals surface area (Å²) in [5.41, 5.74) is 4.87. The largest absolute Gasteiger partial charge is 0.343 e. The maximum Gasteiger partial charge on any atom is 0.253 e. The fraction of sp³-hybridized carbons (Fsp3) is 0.385. The van der Waals surface area contributed by atoms with Gasteiger partial charge in [0.1, 0.15) is 0 Å². The van der Waals surface area contributed by atoms with Crippen LogP contribution < -0.4 is 10.9 Å². The number of aromatic amines is 1. The van der Waals surface area contributed by atoms with Crippen LogP contribution in [-0.2, 0) is 6.54 Å². The van der Waals surface area contributed by atoms with Crippen LogP contribution in [0.1, 0.15) is 36.5 Å². The molecule has 4 rings (SSSR count). The van der Waals surface area contributed by atoms with Crippen molar-refractivity contribution in [3.05, 3.63) is 75.6 Å². The van der Waals surface area contributed by atoms with E-state index in [2.05, 4.69) is 53.0 Å². The Morgan fingerprint density at radius 2 is 2.00 bits per heavy atom. The van der Waals surface area contributed by atoms with E-state index >= 15 is 0 Å². The average molecular weight is 449 g/mol. The molecule has 1 aliphatic rings. The Bertz CT molecular complexity index is 1160. The first-order chi connectivity index (χ1) is 15.5. The van der Waals surface area contributed by atoms with Crippen LogP contribution in [0.15, 0.2) is 53.3 Å². The maximum absolute atomic E-state index is 13.0. The third-order valence-electron chi connectivity index (χ3n) is 6.64. The summed E-state index contributed by atoms with van der Waals surface area (Å²) in [4.78, 5) is 20.8. The van der Waals surface area contributed by atoms with E-state index in [9.17, 15) is 4.79 Å². The fourth-order valence-corrected chi connectivity index (χ4v) is 4.87. The van der Waals surface area contributed by atoms with Crippen molar-refractivity contribution in [1.29, 1.82) is 0 Å². The highest BCUT2D eigenvalue weighted by atomic mass is 32.1. The van der Waals surface area contributed by atoms with Crippen LogP contribution in [0.3, 0.4) is 0 Å². The molecule has 6 heteroatoms. The predicted octanol–water partition coefficient (Wildman–Crippen LogP) is 4.83. The lowest BCUT2D eigenvalue weighted by molar-refractivity contribution is 0.221. The molecule has 0 radical (unpaired) electrons. The van der Waals surface area contributed by atoms with Crippen molar-refractivity contribution >= 4 is 33.9 Å². The van der Waals surface area contributed by atoms with Gasteiger partial charge in [-0.3, -0.25) is 9.69 Å².